The summed E-state index contributed by atoms with van der Waals surface area (Å²) in [6.45, 7) is 6.01. The second kappa shape index (κ2) is 8.13. The summed E-state index contributed by atoms with van der Waals surface area (Å²) in [6, 6.07) is 5.08. The first-order chi connectivity index (χ1) is 8.62. The van der Waals surface area contributed by atoms with Crippen LogP contribution in [0.2, 0.25) is 5.02 Å². The van der Waals surface area contributed by atoms with Gasteiger partial charge in [-0.15, -0.1) is 0 Å². The van der Waals surface area contributed by atoms with Crippen LogP contribution in [0.1, 0.15) is 32.3 Å². The highest BCUT2D eigenvalue weighted by atomic mass is 79.9. The standard InChI is InChI=1S/C14H20BrClFN/c1-3-13(4-2)18(8-7-15)10-11-9-12(17)5-6-14(11)16/h5-6,9,13H,3-4,7-8,10H2,1-2H3. The van der Waals surface area contributed by atoms with Gasteiger partial charge in [0.25, 0.3) is 0 Å². The van der Waals surface area contributed by atoms with E-state index in [4.69, 9.17) is 11.6 Å². The summed E-state index contributed by atoms with van der Waals surface area (Å²) in [6.07, 6.45) is 2.19. The monoisotopic (exact) mass is 335 g/mol. The van der Waals surface area contributed by atoms with Crippen molar-refractivity contribution >= 4 is 27.5 Å². The first-order valence-electron chi connectivity index (χ1n) is 6.36. The number of benzene rings is 1. The lowest BCUT2D eigenvalue weighted by Crippen LogP contribution is -2.35. The summed E-state index contributed by atoms with van der Waals surface area (Å²) >= 11 is 9.60. The largest absolute Gasteiger partial charge is 0.295 e. The molecule has 0 bridgehead atoms. The van der Waals surface area contributed by atoms with Crippen molar-refractivity contribution in [2.24, 2.45) is 0 Å². The summed E-state index contributed by atoms with van der Waals surface area (Å²) in [7, 11) is 0. The molecule has 0 radical (unpaired) electrons. The van der Waals surface area contributed by atoms with Crippen molar-refractivity contribution in [3.63, 3.8) is 0 Å². The smallest absolute Gasteiger partial charge is 0.123 e. The van der Waals surface area contributed by atoms with E-state index in [1.165, 1.54) is 12.1 Å². The molecule has 1 rings (SSSR count). The number of nitrogens with zero attached hydrogens (tertiary/aromatic N) is 1. The Balaban J connectivity index is 2.85. The third-order valence-corrected chi connectivity index (χ3v) is 3.94. The normalized spacial score (nSPS) is 11.5. The van der Waals surface area contributed by atoms with Crippen molar-refractivity contribution in [2.75, 3.05) is 11.9 Å². The summed E-state index contributed by atoms with van der Waals surface area (Å²) in [4.78, 5) is 2.36. The fourth-order valence-electron chi connectivity index (χ4n) is 2.19. The van der Waals surface area contributed by atoms with Crippen LogP contribution in [0.4, 0.5) is 4.39 Å². The molecule has 0 fully saturated rings. The van der Waals surface area contributed by atoms with Crippen LogP contribution >= 0.6 is 27.5 Å². The highest BCUT2D eigenvalue weighted by molar-refractivity contribution is 9.09. The maximum absolute atomic E-state index is 13.3. The molecule has 0 aliphatic heterocycles. The minimum Gasteiger partial charge on any atom is -0.295 e. The Morgan fingerprint density at radius 2 is 2.00 bits per heavy atom. The second-order valence-electron chi connectivity index (χ2n) is 4.37. The number of halogens is 3. The third kappa shape index (κ3) is 4.52. The molecule has 0 saturated heterocycles. The van der Waals surface area contributed by atoms with Gasteiger partial charge in [0.2, 0.25) is 0 Å². The van der Waals surface area contributed by atoms with Gasteiger partial charge in [-0.25, -0.2) is 4.39 Å². The van der Waals surface area contributed by atoms with Crippen LogP contribution in [-0.2, 0) is 6.54 Å². The van der Waals surface area contributed by atoms with Crippen LogP contribution in [0.25, 0.3) is 0 Å². The maximum atomic E-state index is 13.3. The number of hydrogen-bond acceptors (Lipinski definition) is 1. The van der Waals surface area contributed by atoms with Crippen molar-refractivity contribution in [3.8, 4) is 0 Å². The molecule has 1 aromatic rings. The van der Waals surface area contributed by atoms with E-state index in [-0.39, 0.29) is 5.82 Å². The predicted molar refractivity (Wildman–Crippen MR) is 80.0 cm³/mol. The van der Waals surface area contributed by atoms with Gasteiger partial charge in [0.1, 0.15) is 5.82 Å². The van der Waals surface area contributed by atoms with Gasteiger partial charge in [0.15, 0.2) is 0 Å². The molecule has 0 spiro atoms. The molecule has 1 nitrogen and oxygen atoms in total. The molecule has 102 valence electrons. The summed E-state index contributed by atoms with van der Waals surface area (Å²) in [5.41, 5.74) is 0.865. The average Bonchev–Trinajstić information content (AvgIpc) is 2.35. The van der Waals surface area contributed by atoms with Gasteiger partial charge in [-0.05, 0) is 36.6 Å². The molecule has 4 heteroatoms. The minimum atomic E-state index is -0.224. The number of hydrogen-bond donors (Lipinski definition) is 0. The van der Waals surface area contributed by atoms with Crippen molar-refractivity contribution in [1.29, 1.82) is 0 Å². The Morgan fingerprint density at radius 1 is 1.33 bits per heavy atom. The molecular formula is C14H20BrClFN. The first-order valence-corrected chi connectivity index (χ1v) is 7.86. The summed E-state index contributed by atoms with van der Waals surface area (Å²) in [5, 5.41) is 1.55. The molecule has 1 aromatic carbocycles. The van der Waals surface area contributed by atoms with Crippen LogP contribution in [-0.4, -0.2) is 22.8 Å². The molecule has 0 aromatic heterocycles. The van der Waals surface area contributed by atoms with Gasteiger partial charge in [-0.2, -0.15) is 0 Å². The van der Waals surface area contributed by atoms with E-state index < -0.39 is 0 Å². The molecule has 0 saturated carbocycles. The number of alkyl halides is 1. The predicted octanol–water partition coefficient (Wildman–Crippen LogP) is 4.86. The van der Waals surface area contributed by atoms with Gasteiger partial charge < -0.3 is 0 Å². The lowest BCUT2D eigenvalue weighted by Gasteiger charge is -2.30. The summed E-state index contributed by atoms with van der Waals surface area (Å²) < 4.78 is 13.3. The van der Waals surface area contributed by atoms with Crippen molar-refractivity contribution < 1.29 is 4.39 Å². The molecule has 0 heterocycles. The second-order valence-corrected chi connectivity index (χ2v) is 5.57. The quantitative estimate of drug-likeness (QED) is 0.642. The average molecular weight is 337 g/mol. The van der Waals surface area contributed by atoms with Gasteiger partial charge in [-0.3, -0.25) is 4.90 Å². The Hall–Kier alpha value is -0.120. The van der Waals surface area contributed by atoms with Crippen LogP contribution in [0.5, 0.6) is 0 Å². The van der Waals surface area contributed by atoms with Crippen LogP contribution in [0.3, 0.4) is 0 Å². The topological polar surface area (TPSA) is 3.24 Å². The summed E-state index contributed by atoms with van der Waals surface area (Å²) in [5.74, 6) is -0.224. The van der Waals surface area contributed by atoms with Gasteiger partial charge >= 0.3 is 0 Å². The van der Waals surface area contributed by atoms with E-state index >= 15 is 0 Å². The van der Waals surface area contributed by atoms with Crippen molar-refractivity contribution in [3.05, 3.63) is 34.6 Å². The lowest BCUT2D eigenvalue weighted by atomic mass is 10.1. The zero-order chi connectivity index (χ0) is 13.5. The lowest BCUT2D eigenvalue weighted by molar-refractivity contribution is 0.189. The Bertz CT molecular complexity index is 369. The van der Waals surface area contributed by atoms with E-state index in [2.05, 4.69) is 34.7 Å². The Kier molecular flexibility index (Phi) is 7.20. The van der Waals surface area contributed by atoms with E-state index in [0.717, 1.165) is 30.3 Å². The molecular weight excluding hydrogens is 317 g/mol. The highest BCUT2D eigenvalue weighted by Crippen LogP contribution is 2.21. The van der Waals surface area contributed by atoms with Crippen LogP contribution in [0, 0.1) is 5.82 Å². The van der Waals surface area contributed by atoms with Crippen LogP contribution in [0.15, 0.2) is 18.2 Å². The third-order valence-electron chi connectivity index (χ3n) is 3.21. The number of rotatable bonds is 7. The molecule has 0 atom stereocenters. The fraction of sp³-hybridized carbons (Fsp3) is 0.571. The Labute approximate surface area is 122 Å². The van der Waals surface area contributed by atoms with Gasteiger partial charge in [0.05, 0.1) is 0 Å². The molecule has 0 N–H and O–H groups in total. The SMILES string of the molecule is CCC(CC)N(CCBr)Cc1cc(F)ccc1Cl. The van der Waals surface area contributed by atoms with E-state index in [1.807, 2.05) is 0 Å². The zero-order valence-electron chi connectivity index (χ0n) is 10.9. The van der Waals surface area contributed by atoms with Gasteiger partial charge in [-0.1, -0.05) is 41.4 Å². The zero-order valence-corrected chi connectivity index (χ0v) is 13.3. The molecule has 0 amide bonds. The molecule has 0 aliphatic carbocycles. The molecule has 0 aliphatic rings. The van der Waals surface area contributed by atoms with Gasteiger partial charge in [0, 0.05) is 29.5 Å². The molecule has 18 heavy (non-hydrogen) atoms. The highest BCUT2D eigenvalue weighted by Gasteiger charge is 2.16. The molecule has 0 unspecified atom stereocenters. The van der Waals surface area contributed by atoms with Crippen LogP contribution < -0.4 is 0 Å². The Morgan fingerprint density at radius 3 is 2.56 bits per heavy atom. The van der Waals surface area contributed by atoms with E-state index in [0.29, 0.717) is 17.6 Å². The fourth-order valence-corrected chi connectivity index (χ4v) is 2.82. The van der Waals surface area contributed by atoms with Crippen molar-refractivity contribution in [2.45, 2.75) is 39.3 Å². The minimum absolute atomic E-state index is 0.224. The van der Waals surface area contributed by atoms with E-state index in [9.17, 15) is 4.39 Å². The van der Waals surface area contributed by atoms with E-state index in [1.54, 1.807) is 6.07 Å². The first kappa shape index (κ1) is 15.9. The van der Waals surface area contributed by atoms with Crippen molar-refractivity contribution in [1.82, 2.24) is 4.90 Å². The maximum Gasteiger partial charge on any atom is 0.123 e.